The Labute approximate surface area is 178 Å². The van der Waals surface area contributed by atoms with E-state index < -0.39 is 11.6 Å². The molecule has 2 atom stereocenters. The summed E-state index contributed by atoms with van der Waals surface area (Å²) in [5, 5.41) is 10.9. The molecule has 0 bridgehead atoms. The summed E-state index contributed by atoms with van der Waals surface area (Å²) in [4.78, 5) is 13.3. The summed E-state index contributed by atoms with van der Waals surface area (Å²) >= 11 is 1.37. The molecule has 0 spiro atoms. The van der Waals surface area contributed by atoms with Crippen LogP contribution in [0.3, 0.4) is 0 Å². The highest BCUT2D eigenvalue weighted by atomic mass is 32.2. The number of cyclic esters (lactones) is 1. The molecule has 1 N–H and O–H groups in total. The van der Waals surface area contributed by atoms with E-state index in [0.717, 1.165) is 43.2 Å². The zero-order valence-electron chi connectivity index (χ0n) is 17.3. The summed E-state index contributed by atoms with van der Waals surface area (Å²) in [6, 6.07) is 19.9. The number of rotatable bonds is 9. The van der Waals surface area contributed by atoms with Crippen LogP contribution in [0, 0.1) is 0 Å². The molecule has 0 radical (unpaired) electrons. The SMILES string of the molecule is CCCCCCC1(c2ccccc2)CC(O)=C(SC(C)c2ccccc2)C(=O)O1. The van der Waals surface area contributed by atoms with E-state index in [1.165, 1.54) is 11.8 Å². The molecule has 29 heavy (non-hydrogen) atoms. The number of carbonyl (C=O) groups is 1. The molecule has 3 rings (SSSR count). The van der Waals surface area contributed by atoms with Gasteiger partial charge in [0.2, 0.25) is 0 Å². The number of thioether (sulfide) groups is 1. The Bertz CT molecular complexity index is 832. The second-order valence-corrected chi connectivity index (χ2v) is 9.03. The lowest BCUT2D eigenvalue weighted by atomic mass is 9.83. The first-order chi connectivity index (χ1) is 14.1. The maximum Gasteiger partial charge on any atom is 0.349 e. The molecule has 0 aromatic heterocycles. The summed E-state index contributed by atoms with van der Waals surface area (Å²) < 4.78 is 6.08. The van der Waals surface area contributed by atoms with Crippen molar-refractivity contribution in [3.05, 3.63) is 82.5 Å². The van der Waals surface area contributed by atoms with Crippen LogP contribution in [0.2, 0.25) is 0 Å². The Morgan fingerprint density at radius 3 is 2.31 bits per heavy atom. The molecule has 4 heteroatoms. The fraction of sp³-hybridized carbons (Fsp3) is 0.400. The van der Waals surface area contributed by atoms with Crippen molar-refractivity contribution in [3.8, 4) is 0 Å². The highest BCUT2D eigenvalue weighted by Crippen LogP contribution is 2.46. The summed E-state index contributed by atoms with van der Waals surface area (Å²) in [5.41, 5.74) is 1.29. The first-order valence-corrected chi connectivity index (χ1v) is 11.4. The zero-order valence-corrected chi connectivity index (χ0v) is 18.1. The van der Waals surface area contributed by atoms with Gasteiger partial charge in [0, 0.05) is 5.25 Å². The third-order valence-corrected chi connectivity index (χ3v) is 6.75. The molecule has 3 nitrogen and oxygen atoms in total. The van der Waals surface area contributed by atoms with Crippen molar-refractivity contribution in [3.63, 3.8) is 0 Å². The number of benzene rings is 2. The zero-order chi connectivity index (χ0) is 20.7. The first-order valence-electron chi connectivity index (χ1n) is 10.5. The van der Waals surface area contributed by atoms with E-state index in [1.54, 1.807) is 0 Å². The molecule has 1 heterocycles. The maximum atomic E-state index is 13.0. The first kappa shape index (κ1) is 21.5. The topological polar surface area (TPSA) is 46.5 Å². The van der Waals surface area contributed by atoms with Gasteiger partial charge < -0.3 is 9.84 Å². The van der Waals surface area contributed by atoms with Gasteiger partial charge in [-0.05, 0) is 30.9 Å². The lowest BCUT2D eigenvalue weighted by Crippen LogP contribution is -2.37. The van der Waals surface area contributed by atoms with Gasteiger partial charge in [0.25, 0.3) is 0 Å². The molecule has 1 aliphatic rings. The van der Waals surface area contributed by atoms with Gasteiger partial charge in [-0.2, -0.15) is 0 Å². The predicted molar refractivity (Wildman–Crippen MR) is 120 cm³/mol. The number of esters is 1. The van der Waals surface area contributed by atoms with Gasteiger partial charge in [0.1, 0.15) is 16.3 Å². The monoisotopic (exact) mass is 410 g/mol. The van der Waals surface area contributed by atoms with Crippen LogP contribution >= 0.6 is 11.8 Å². The Kier molecular flexibility index (Phi) is 7.43. The number of hydrogen-bond donors (Lipinski definition) is 1. The highest BCUT2D eigenvalue weighted by molar-refractivity contribution is 8.04. The minimum Gasteiger partial charge on any atom is -0.511 e. The van der Waals surface area contributed by atoms with Gasteiger partial charge >= 0.3 is 5.97 Å². The van der Waals surface area contributed by atoms with Crippen LogP contribution in [0.1, 0.15) is 68.7 Å². The third kappa shape index (κ3) is 5.24. The number of unbranched alkanes of at least 4 members (excludes halogenated alkanes) is 3. The Morgan fingerprint density at radius 1 is 1.03 bits per heavy atom. The summed E-state index contributed by atoms with van der Waals surface area (Å²) in [5.74, 6) is -0.269. The van der Waals surface area contributed by atoms with E-state index in [9.17, 15) is 9.90 Å². The molecule has 0 aliphatic carbocycles. The summed E-state index contributed by atoms with van der Waals surface area (Å²) in [7, 11) is 0. The Hall–Kier alpha value is -2.20. The quantitative estimate of drug-likeness (QED) is 0.355. The number of aliphatic hydroxyl groups excluding tert-OH is 1. The van der Waals surface area contributed by atoms with Crippen molar-refractivity contribution < 1.29 is 14.6 Å². The molecule has 2 aromatic carbocycles. The molecule has 2 aromatic rings. The van der Waals surface area contributed by atoms with Crippen LogP contribution in [-0.2, 0) is 15.1 Å². The molecular weight excluding hydrogens is 380 g/mol. The van der Waals surface area contributed by atoms with E-state index >= 15 is 0 Å². The van der Waals surface area contributed by atoms with Crippen molar-refractivity contribution >= 4 is 17.7 Å². The van der Waals surface area contributed by atoms with E-state index in [4.69, 9.17) is 4.74 Å². The largest absolute Gasteiger partial charge is 0.511 e. The summed E-state index contributed by atoms with van der Waals surface area (Å²) in [6.07, 6.45) is 5.43. The second-order valence-electron chi connectivity index (χ2n) is 7.68. The van der Waals surface area contributed by atoms with Crippen LogP contribution in [0.25, 0.3) is 0 Å². The van der Waals surface area contributed by atoms with E-state index in [0.29, 0.717) is 11.3 Å². The third-order valence-electron chi connectivity index (χ3n) is 5.49. The highest BCUT2D eigenvalue weighted by Gasteiger charge is 2.43. The van der Waals surface area contributed by atoms with E-state index in [2.05, 4.69) is 6.92 Å². The van der Waals surface area contributed by atoms with Crippen molar-refractivity contribution in [2.24, 2.45) is 0 Å². The molecule has 0 saturated carbocycles. The van der Waals surface area contributed by atoms with Crippen LogP contribution < -0.4 is 0 Å². The second kappa shape index (κ2) is 10.0. The van der Waals surface area contributed by atoms with Crippen molar-refractivity contribution in [2.45, 2.75) is 63.2 Å². The van der Waals surface area contributed by atoms with Gasteiger partial charge in [-0.1, -0.05) is 86.8 Å². The van der Waals surface area contributed by atoms with Crippen molar-refractivity contribution in [2.75, 3.05) is 0 Å². The average molecular weight is 411 g/mol. The van der Waals surface area contributed by atoms with Crippen LogP contribution in [0.4, 0.5) is 0 Å². The number of ether oxygens (including phenoxy) is 1. The van der Waals surface area contributed by atoms with Gasteiger partial charge in [-0.3, -0.25) is 0 Å². The van der Waals surface area contributed by atoms with E-state index in [-0.39, 0.29) is 11.0 Å². The minimum atomic E-state index is -0.782. The fourth-order valence-electron chi connectivity index (χ4n) is 3.84. The normalized spacial score (nSPS) is 20.4. The van der Waals surface area contributed by atoms with Crippen LogP contribution in [-0.4, -0.2) is 11.1 Å². The number of carbonyl (C=O) groups excluding carboxylic acids is 1. The van der Waals surface area contributed by atoms with Crippen LogP contribution in [0.15, 0.2) is 71.3 Å². The van der Waals surface area contributed by atoms with Gasteiger partial charge in [-0.25, -0.2) is 4.79 Å². The smallest absolute Gasteiger partial charge is 0.349 e. The van der Waals surface area contributed by atoms with Crippen LogP contribution in [0.5, 0.6) is 0 Å². The average Bonchev–Trinajstić information content (AvgIpc) is 2.75. The fourth-order valence-corrected chi connectivity index (χ4v) is 4.83. The van der Waals surface area contributed by atoms with Crippen molar-refractivity contribution in [1.82, 2.24) is 0 Å². The molecular formula is C25H30O3S. The summed E-state index contributed by atoms with van der Waals surface area (Å²) in [6.45, 7) is 4.22. The molecule has 0 saturated heterocycles. The predicted octanol–water partition coefficient (Wildman–Crippen LogP) is 7.06. The standard InChI is InChI=1S/C25H30O3S/c1-3-4-5-12-17-25(21-15-10-7-11-16-21)18-22(26)23(24(27)28-25)29-19(2)20-13-8-6-9-14-20/h6-11,13-16,19,26H,3-5,12,17-18H2,1-2H3. The Morgan fingerprint density at radius 2 is 1.69 bits per heavy atom. The molecule has 0 fully saturated rings. The number of hydrogen-bond acceptors (Lipinski definition) is 4. The van der Waals surface area contributed by atoms with E-state index in [1.807, 2.05) is 67.6 Å². The number of aliphatic hydroxyl groups is 1. The molecule has 154 valence electrons. The van der Waals surface area contributed by atoms with Gasteiger partial charge in [0.05, 0.1) is 6.42 Å². The van der Waals surface area contributed by atoms with Gasteiger partial charge in [-0.15, -0.1) is 11.8 Å². The molecule has 0 amide bonds. The molecule has 2 unspecified atom stereocenters. The maximum absolute atomic E-state index is 13.0. The van der Waals surface area contributed by atoms with Gasteiger partial charge in [0.15, 0.2) is 0 Å². The lowest BCUT2D eigenvalue weighted by Gasteiger charge is -2.38. The molecule has 1 aliphatic heterocycles. The lowest BCUT2D eigenvalue weighted by molar-refractivity contribution is -0.160. The minimum absolute atomic E-state index is 0.0506. The van der Waals surface area contributed by atoms with Crippen molar-refractivity contribution in [1.29, 1.82) is 0 Å². The Balaban J connectivity index is 1.83.